The number of likely N-dealkylation sites (N-methyl/N-ethyl adjacent to an activating group) is 1. The number of nitrogens with zero attached hydrogens (tertiary/aromatic N) is 2. The van der Waals surface area contributed by atoms with Gasteiger partial charge in [0.2, 0.25) is 5.91 Å². The molecule has 0 spiro atoms. The zero-order valence-corrected chi connectivity index (χ0v) is 22.9. The van der Waals surface area contributed by atoms with E-state index in [0.29, 0.717) is 34.5 Å². The molecule has 0 bridgehead atoms. The minimum Gasteiger partial charge on any atom is -0.465 e. The number of ether oxygens (including phenoxy) is 1. The lowest BCUT2D eigenvalue weighted by molar-refractivity contribution is -0.119. The Labute approximate surface area is 233 Å². The lowest BCUT2D eigenvalue weighted by atomic mass is 9.99. The van der Waals surface area contributed by atoms with Gasteiger partial charge in [0.05, 0.1) is 29.6 Å². The Kier molecular flexibility index (Phi) is 7.95. The topological polar surface area (TPSA) is 103 Å². The Bertz CT molecular complexity index is 1450. The van der Waals surface area contributed by atoms with Crippen molar-refractivity contribution in [2.45, 2.75) is 12.5 Å². The number of carbonyl (C=O) groups excluding carboxylic acids is 3. The Hall–Kier alpha value is -4.47. The van der Waals surface area contributed by atoms with Gasteiger partial charge in [-0.25, -0.2) is 4.79 Å². The van der Waals surface area contributed by atoms with Gasteiger partial charge in [-0.1, -0.05) is 36.4 Å². The van der Waals surface area contributed by atoms with E-state index < -0.39 is 5.97 Å². The highest BCUT2D eigenvalue weighted by Crippen LogP contribution is 2.38. The van der Waals surface area contributed by atoms with Gasteiger partial charge in [0, 0.05) is 56.1 Å². The van der Waals surface area contributed by atoms with Crippen LogP contribution in [-0.2, 0) is 14.3 Å². The smallest absolute Gasteiger partial charge is 0.337 e. The first-order valence-electron chi connectivity index (χ1n) is 13.2. The first kappa shape index (κ1) is 27.1. The van der Waals surface area contributed by atoms with Crippen LogP contribution in [0.3, 0.4) is 0 Å². The summed E-state index contributed by atoms with van der Waals surface area (Å²) in [6, 6.07) is 22.3. The number of amides is 2. The van der Waals surface area contributed by atoms with Crippen LogP contribution in [0.4, 0.5) is 17.1 Å². The molecule has 9 nitrogen and oxygen atoms in total. The van der Waals surface area contributed by atoms with E-state index in [1.165, 1.54) is 7.11 Å². The van der Waals surface area contributed by atoms with Crippen molar-refractivity contribution in [3.8, 4) is 0 Å². The number of carbonyl (C=O) groups is 3. The van der Waals surface area contributed by atoms with Crippen molar-refractivity contribution >= 4 is 46.1 Å². The van der Waals surface area contributed by atoms with Crippen LogP contribution in [-0.4, -0.2) is 69.6 Å². The predicted octanol–water partition coefficient (Wildman–Crippen LogP) is 3.66. The molecule has 2 aliphatic heterocycles. The summed E-state index contributed by atoms with van der Waals surface area (Å²) in [5.41, 5.74) is 5.08. The van der Waals surface area contributed by atoms with E-state index in [2.05, 4.69) is 27.9 Å². The van der Waals surface area contributed by atoms with Gasteiger partial charge in [0.1, 0.15) is 0 Å². The lowest BCUT2D eigenvalue weighted by Crippen LogP contribution is -2.50. The average molecular weight is 540 g/mol. The number of fused-ring (bicyclic) bond motifs is 1. The van der Waals surface area contributed by atoms with Gasteiger partial charge in [-0.3, -0.25) is 9.59 Å². The molecule has 1 fully saturated rings. The predicted molar refractivity (Wildman–Crippen MR) is 157 cm³/mol. The van der Waals surface area contributed by atoms with Crippen LogP contribution < -0.4 is 20.9 Å². The van der Waals surface area contributed by atoms with Gasteiger partial charge in [-0.05, 0) is 49.0 Å². The third kappa shape index (κ3) is 5.75. The summed E-state index contributed by atoms with van der Waals surface area (Å²) in [4.78, 5) is 42.1. The van der Waals surface area contributed by atoms with Crippen LogP contribution >= 0.6 is 0 Å². The summed E-state index contributed by atoms with van der Waals surface area (Å²) in [6.45, 7) is 2.71. The van der Waals surface area contributed by atoms with Gasteiger partial charge >= 0.3 is 5.97 Å². The summed E-state index contributed by atoms with van der Waals surface area (Å²) in [5, 5.41) is 9.73. The molecule has 0 aromatic heterocycles. The highest BCUT2D eigenvalue weighted by molar-refractivity contribution is 6.37. The SMILES string of the molecule is COC(=O)c1ccc2c(c1)NC(=O)C2=C(Nc1ccc(N(C)C(=O)CC2CN(C)CCN2)cc1)c1ccccc1. The maximum Gasteiger partial charge on any atom is 0.337 e. The van der Waals surface area contributed by atoms with Crippen molar-refractivity contribution in [2.75, 3.05) is 56.4 Å². The normalized spacial score (nSPS) is 18.0. The monoisotopic (exact) mass is 539 g/mol. The minimum absolute atomic E-state index is 0.0474. The number of rotatable bonds is 7. The summed E-state index contributed by atoms with van der Waals surface area (Å²) in [5.74, 6) is -0.694. The van der Waals surface area contributed by atoms with Crippen LogP contribution in [0.5, 0.6) is 0 Å². The quantitative estimate of drug-likeness (QED) is 0.311. The van der Waals surface area contributed by atoms with E-state index in [1.807, 2.05) is 54.6 Å². The van der Waals surface area contributed by atoms with Gasteiger partial charge in [0.15, 0.2) is 0 Å². The molecular formula is C31H33N5O4. The molecule has 3 aromatic rings. The van der Waals surface area contributed by atoms with E-state index in [0.717, 1.165) is 36.6 Å². The molecule has 3 aromatic carbocycles. The molecule has 0 radical (unpaired) electrons. The molecule has 1 unspecified atom stereocenters. The second kappa shape index (κ2) is 11.7. The van der Waals surface area contributed by atoms with Crippen LogP contribution in [0.2, 0.25) is 0 Å². The first-order chi connectivity index (χ1) is 19.3. The average Bonchev–Trinajstić information content (AvgIpc) is 3.30. The summed E-state index contributed by atoms with van der Waals surface area (Å²) in [7, 11) is 5.18. The number of esters is 1. The largest absolute Gasteiger partial charge is 0.465 e. The lowest BCUT2D eigenvalue weighted by Gasteiger charge is -2.31. The zero-order valence-electron chi connectivity index (χ0n) is 22.9. The minimum atomic E-state index is -0.471. The van der Waals surface area contributed by atoms with Crippen molar-refractivity contribution in [1.82, 2.24) is 10.2 Å². The van der Waals surface area contributed by atoms with Gasteiger partial charge < -0.3 is 30.5 Å². The Balaban J connectivity index is 1.40. The highest BCUT2D eigenvalue weighted by Gasteiger charge is 2.29. The van der Waals surface area contributed by atoms with E-state index in [1.54, 1.807) is 30.1 Å². The molecular weight excluding hydrogens is 506 g/mol. The standard InChI is InChI=1S/C31H33N5O4/c1-35-16-15-32-23(19-35)18-27(37)36(2)24-12-10-22(11-13-24)33-29(20-7-5-4-6-8-20)28-25-14-9-21(31(39)40-3)17-26(25)34-30(28)38/h4-14,17,23,32-33H,15-16,18-19H2,1-3H3,(H,34,38). The summed E-state index contributed by atoms with van der Waals surface area (Å²) in [6.07, 6.45) is 0.428. The molecule has 1 atom stereocenters. The van der Waals surface area contributed by atoms with Crippen molar-refractivity contribution in [3.63, 3.8) is 0 Å². The fourth-order valence-electron chi connectivity index (χ4n) is 5.08. The van der Waals surface area contributed by atoms with E-state index in [9.17, 15) is 14.4 Å². The molecule has 40 heavy (non-hydrogen) atoms. The highest BCUT2D eigenvalue weighted by atomic mass is 16.5. The van der Waals surface area contributed by atoms with Crippen LogP contribution in [0.15, 0.2) is 72.8 Å². The van der Waals surface area contributed by atoms with E-state index in [4.69, 9.17) is 4.74 Å². The number of hydrogen-bond acceptors (Lipinski definition) is 7. The van der Waals surface area contributed by atoms with Crippen molar-refractivity contribution in [3.05, 3.63) is 89.5 Å². The second-order valence-corrected chi connectivity index (χ2v) is 10.1. The Morgan fingerprint density at radius 2 is 1.80 bits per heavy atom. The molecule has 0 saturated carbocycles. The van der Waals surface area contributed by atoms with Gasteiger partial charge in [-0.2, -0.15) is 0 Å². The molecule has 2 amide bonds. The van der Waals surface area contributed by atoms with E-state index >= 15 is 0 Å². The summed E-state index contributed by atoms with van der Waals surface area (Å²) < 4.78 is 4.82. The van der Waals surface area contributed by atoms with Crippen molar-refractivity contribution in [2.24, 2.45) is 0 Å². The van der Waals surface area contributed by atoms with Crippen molar-refractivity contribution in [1.29, 1.82) is 0 Å². The Morgan fingerprint density at radius 3 is 2.50 bits per heavy atom. The first-order valence-corrected chi connectivity index (χ1v) is 13.2. The van der Waals surface area contributed by atoms with E-state index in [-0.39, 0.29) is 17.9 Å². The number of hydrogen-bond donors (Lipinski definition) is 3. The maximum atomic E-state index is 13.2. The molecule has 2 heterocycles. The Morgan fingerprint density at radius 1 is 1.05 bits per heavy atom. The van der Waals surface area contributed by atoms with Crippen LogP contribution in [0.1, 0.15) is 27.9 Å². The fraction of sp³-hybridized carbons (Fsp3) is 0.258. The molecule has 1 saturated heterocycles. The molecule has 5 rings (SSSR count). The number of nitrogens with one attached hydrogen (secondary N) is 3. The van der Waals surface area contributed by atoms with Crippen LogP contribution in [0, 0.1) is 0 Å². The maximum absolute atomic E-state index is 13.2. The summed E-state index contributed by atoms with van der Waals surface area (Å²) >= 11 is 0. The third-order valence-electron chi connectivity index (χ3n) is 7.28. The fourth-order valence-corrected chi connectivity index (χ4v) is 5.08. The number of benzene rings is 3. The third-order valence-corrected chi connectivity index (χ3v) is 7.28. The molecule has 3 N–H and O–H groups in total. The molecule has 9 heteroatoms. The number of piperazine rings is 1. The second-order valence-electron chi connectivity index (χ2n) is 10.1. The molecule has 0 aliphatic carbocycles. The van der Waals surface area contributed by atoms with Crippen LogP contribution in [0.25, 0.3) is 11.3 Å². The zero-order chi connectivity index (χ0) is 28.2. The van der Waals surface area contributed by atoms with Gasteiger partial charge in [0.25, 0.3) is 5.91 Å². The number of anilines is 3. The molecule has 2 aliphatic rings. The van der Waals surface area contributed by atoms with Gasteiger partial charge in [-0.15, -0.1) is 0 Å². The van der Waals surface area contributed by atoms with Crippen molar-refractivity contribution < 1.29 is 19.1 Å². The molecule has 206 valence electrons. The number of methoxy groups -OCH3 is 1.